The average molecular weight is 307 g/mol. The van der Waals surface area contributed by atoms with Gasteiger partial charge >= 0.3 is 0 Å². The summed E-state index contributed by atoms with van der Waals surface area (Å²) in [4.78, 5) is 0. The van der Waals surface area contributed by atoms with Crippen LogP contribution in [0.2, 0.25) is 5.02 Å². The van der Waals surface area contributed by atoms with E-state index in [1.165, 1.54) is 11.1 Å². The van der Waals surface area contributed by atoms with Crippen LogP contribution in [0.15, 0.2) is 48.5 Å². The molecule has 2 atom stereocenters. The van der Waals surface area contributed by atoms with E-state index in [9.17, 15) is 0 Å². The van der Waals surface area contributed by atoms with Gasteiger partial charge in [-0.2, -0.15) is 0 Å². The Balaban J connectivity index is 1.69. The molecule has 0 N–H and O–H groups in total. The first kappa shape index (κ1) is 13.8. The minimum absolute atomic E-state index is 0.215. The van der Waals surface area contributed by atoms with Crippen molar-refractivity contribution < 1.29 is 4.74 Å². The highest BCUT2D eigenvalue weighted by atomic mass is 35.5. The zero-order valence-electron chi connectivity index (χ0n) is 11.1. The predicted octanol–water partition coefficient (Wildman–Crippen LogP) is 5.06. The molecule has 0 fully saturated rings. The first-order valence-electron chi connectivity index (χ1n) is 6.82. The molecule has 3 heteroatoms. The SMILES string of the molecule is ClCC(CC1Cc2ccccc2O1)c1ccc(Cl)cc1. The van der Waals surface area contributed by atoms with Crippen LogP contribution < -0.4 is 4.74 Å². The molecule has 0 aromatic heterocycles. The van der Waals surface area contributed by atoms with Crippen LogP contribution >= 0.6 is 23.2 Å². The van der Waals surface area contributed by atoms with Gasteiger partial charge in [-0.3, -0.25) is 0 Å². The summed E-state index contributed by atoms with van der Waals surface area (Å²) < 4.78 is 6.00. The minimum Gasteiger partial charge on any atom is -0.490 e. The minimum atomic E-state index is 0.215. The maximum Gasteiger partial charge on any atom is 0.123 e. The topological polar surface area (TPSA) is 9.23 Å². The van der Waals surface area contributed by atoms with Gasteiger partial charge in [0.2, 0.25) is 0 Å². The molecular weight excluding hydrogens is 291 g/mol. The number of rotatable bonds is 4. The summed E-state index contributed by atoms with van der Waals surface area (Å²) in [6.45, 7) is 0. The molecule has 0 saturated carbocycles. The normalized spacial score (nSPS) is 18.4. The summed E-state index contributed by atoms with van der Waals surface area (Å²) in [5.74, 6) is 1.91. The van der Waals surface area contributed by atoms with Gasteiger partial charge in [0.15, 0.2) is 0 Å². The van der Waals surface area contributed by atoms with Crippen molar-refractivity contribution >= 4 is 23.2 Å². The van der Waals surface area contributed by atoms with E-state index in [0.717, 1.165) is 23.6 Å². The summed E-state index contributed by atoms with van der Waals surface area (Å²) in [6.07, 6.45) is 2.11. The van der Waals surface area contributed by atoms with E-state index >= 15 is 0 Å². The number of ether oxygens (including phenoxy) is 1. The van der Waals surface area contributed by atoms with Crippen molar-refractivity contribution in [2.24, 2.45) is 0 Å². The Labute approximate surface area is 129 Å². The van der Waals surface area contributed by atoms with Crippen LogP contribution in [0, 0.1) is 0 Å². The van der Waals surface area contributed by atoms with Crippen molar-refractivity contribution in [3.8, 4) is 5.75 Å². The molecule has 0 aliphatic carbocycles. The average Bonchev–Trinajstić information content (AvgIpc) is 2.88. The highest BCUT2D eigenvalue weighted by Crippen LogP contribution is 2.33. The molecule has 1 heterocycles. The summed E-state index contributed by atoms with van der Waals surface area (Å²) in [6, 6.07) is 16.2. The molecule has 0 bridgehead atoms. The Hall–Kier alpha value is -1.18. The highest BCUT2D eigenvalue weighted by Gasteiger charge is 2.25. The van der Waals surface area contributed by atoms with Gasteiger partial charge in [-0.25, -0.2) is 0 Å². The van der Waals surface area contributed by atoms with Crippen molar-refractivity contribution in [1.82, 2.24) is 0 Å². The second kappa shape index (κ2) is 6.07. The molecule has 0 amide bonds. The van der Waals surface area contributed by atoms with E-state index in [4.69, 9.17) is 27.9 Å². The maximum absolute atomic E-state index is 6.14. The monoisotopic (exact) mass is 306 g/mol. The van der Waals surface area contributed by atoms with Crippen LogP contribution in [0.1, 0.15) is 23.5 Å². The van der Waals surface area contributed by atoms with Gasteiger partial charge in [0, 0.05) is 23.2 Å². The zero-order chi connectivity index (χ0) is 13.9. The van der Waals surface area contributed by atoms with Crippen molar-refractivity contribution in [3.05, 3.63) is 64.7 Å². The fourth-order valence-electron chi connectivity index (χ4n) is 2.73. The third kappa shape index (κ3) is 2.94. The Morgan fingerprint density at radius 2 is 1.85 bits per heavy atom. The maximum atomic E-state index is 6.14. The lowest BCUT2D eigenvalue weighted by atomic mass is 9.93. The van der Waals surface area contributed by atoms with Crippen molar-refractivity contribution in [1.29, 1.82) is 0 Å². The van der Waals surface area contributed by atoms with Gasteiger partial charge < -0.3 is 4.74 Å². The van der Waals surface area contributed by atoms with Crippen molar-refractivity contribution in [2.45, 2.75) is 24.9 Å². The van der Waals surface area contributed by atoms with Crippen LogP contribution in [-0.4, -0.2) is 12.0 Å². The number of alkyl halides is 1. The highest BCUT2D eigenvalue weighted by molar-refractivity contribution is 6.30. The van der Waals surface area contributed by atoms with Crippen LogP contribution in [0.25, 0.3) is 0 Å². The number of hydrogen-bond acceptors (Lipinski definition) is 1. The number of benzene rings is 2. The molecule has 3 rings (SSSR count). The van der Waals surface area contributed by atoms with E-state index in [2.05, 4.69) is 24.3 Å². The molecule has 1 nitrogen and oxygen atoms in total. The summed E-state index contributed by atoms with van der Waals surface area (Å²) in [5, 5.41) is 0.756. The predicted molar refractivity (Wildman–Crippen MR) is 84.1 cm³/mol. The van der Waals surface area contributed by atoms with E-state index < -0.39 is 0 Å². The second-order valence-electron chi connectivity index (χ2n) is 5.19. The zero-order valence-corrected chi connectivity index (χ0v) is 12.6. The molecule has 1 aliphatic rings. The second-order valence-corrected chi connectivity index (χ2v) is 5.94. The van der Waals surface area contributed by atoms with Crippen LogP contribution in [0.5, 0.6) is 5.75 Å². The molecule has 2 unspecified atom stereocenters. The number of para-hydroxylation sites is 1. The largest absolute Gasteiger partial charge is 0.490 e. The standard InChI is InChI=1S/C17H16Cl2O/c18-11-14(12-5-7-15(19)8-6-12)10-16-9-13-3-1-2-4-17(13)20-16/h1-8,14,16H,9-11H2. The summed E-state index contributed by atoms with van der Waals surface area (Å²) in [7, 11) is 0. The van der Waals surface area contributed by atoms with E-state index in [1.807, 2.05) is 24.3 Å². The lowest BCUT2D eigenvalue weighted by Crippen LogP contribution is -2.18. The first-order chi connectivity index (χ1) is 9.76. The third-order valence-electron chi connectivity index (χ3n) is 3.79. The van der Waals surface area contributed by atoms with Gasteiger partial charge in [0.25, 0.3) is 0 Å². The molecular formula is C17H16Cl2O. The van der Waals surface area contributed by atoms with Gasteiger partial charge in [0.1, 0.15) is 11.9 Å². The quantitative estimate of drug-likeness (QED) is 0.718. The van der Waals surface area contributed by atoms with Crippen LogP contribution in [-0.2, 0) is 6.42 Å². The molecule has 1 aliphatic heterocycles. The van der Waals surface area contributed by atoms with E-state index in [1.54, 1.807) is 0 Å². The van der Waals surface area contributed by atoms with Crippen LogP contribution in [0.3, 0.4) is 0 Å². The summed E-state index contributed by atoms with van der Waals surface area (Å²) >= 11 is 12.1. The lowest BCUT2D eigenvalue weighted by molar-refractivity contribution is 0.213. The van der Waals surface area contributed by atoms with E-state index in [0.29, 0.717) is 11.8 Å². The molecule has 2 aromatic carbocycles. The Bertz CT molecular complexity index is 555. The van der Waals surface area contributed by atoms with Crippen molar-refractivity contribution in [3.63, 3.8) is 0 Å². The molecule has 0 radical (unpaired) electrons. The molecule has 104 valence electrons. The molecule has 0 spiro atoms. The van der Waals surface area contributed by atoms with Gasteiger partial charge in [-0.15, -0.1) is 11.6 Å². The van der Waals surface area contributed by atoms with Gasteiger partial charge in [-0.05, 0) is 35.7 Å². The van der Waals surface area contributed by atoms with Gasteiger partial charge in [-0.1, -0.05) is 41.9 Å². The lowest BCUT2D eigenvalue weighted by Gasteiger charge is -2.19. The Morgan fingerprint density at radius 3 is 2.55 bits per heavy atom. The number of halogens is 2. The fourth-order valence-corrected chi connectivity index (χ4v) is 3.16. The Morgan fingerprint density at radius 1 is 1.10 bits per heavy atom. The molecule has 2 aromatic rings. The van der Waals surface area contributed by atoms with E-state index in [-0.39, 0.29) is 6.10 Å². The smallest absolute Gasteiger partial charge is 0.123 e. The van der Waals surface area contributed by atoms with Gasteiger partial charge in [0.05, 0.1) is 0 Å². The summed E-state index contributed by atoms with van der Waals surface area (Å²) in [5.41, 5.74) is 2.52. The fraction of sp³-hybridized carbons (Fsp3) is 0.294. The molecule has 0 saturated heterocycles. The molecule has 20 heavy (non-hydrogen) atoms. The van der Waals surface area contributed by atoms with Crippen LogP contribution in [0.4, 0.5) is 0 Å². The number of fused-ring (bicyclic) bond motifs is 1. The Kier molecular flexibility index (Phi) is 4.18. The van der Waals surface area contributed by atoms with Crippen molar-refractivity contribution in [2.75, 3.05) is 5.88 Å². The third-order valence-corrected chi connectivity index (χ3v) is 4.41. The number of hydrogen-bond donors (Lipinski definition) is 0. The first-order valence-corrected chi connectivity index (χ1v) is 7.73.